The minimum absolute atomic E-state index is 0.0667. The second kappa shape index (κ2) is 8.29. The van der Waals surface area contributed by atoms with Crippen LogP contribution in [0, 0.1) is 11.8 Å². The van der Waals surface area contributed by atoms with Gasteiger partial charge in [0.15, 0.2) is 0 Å². The van der Waals surface area contributed by atoms with Crippen LogP contribution in [0.1, 0.15) is 27.2 Å². The molecule has 2 atom stereocenters. The number of rotatable bonds is 7. The van der Waals surface area contributed by atoms with E-state index < -0.39 is 6.10 Å². The summed E-state index contributed by atoms with van der Waals surface area (Å²) in [6, 6.07) is 0. The molecule has 5 heteroatoms. The Morgan fingerprint density at radius 3 is 2.53 bits per heavy atom. The van der Waals surface area contributed by atoms with Gasteiger partial charge >= 0.3 is 5.97 Å². The molecule has 0 radical (unpaired) electrons. The van der Waals surface area contributed by atoms with Gasteiger partial charge in [0.05, 0.1) is 5.92 Å². The van der Waals surface area contributed by atoms with Crippen LogP contribution in [-0.2, 0) is 9.53 Å². The molecule has 0 bridgehead atoms. The maximum Gasteiger partial charge on any atom is 0.308 e. The van der Waals surface area contributed by atoms with Crippen molar-refractivity contribution in [2.24, 2.45) is 11.8 Å². The van der Waals surface area contributed by atoms with E-state index in [1.807, 2.05) is 29.8 Å². The third-order valence-electron chi connectivity index (χ3n) is 1.96. The van der Waals surface area contributed by atoms with Gasteiger partial charge in [-0.3, -0.25) is 8.32 Å². The fourth-order valence-corrected chi connectivity index (χ4v) is 1.78. The smallest absolute Gasteiger partial charge is 0.308 e. The lowest BCUT2D eigenvalue weighted by Gasteiger charge is -2.15. The summed E-state index contributed by atoms with van der Waals surface area (Å²) in [7, 11) is 0. The van der Waals surface area contributed by atoms with Crippen LogP contribution in [0.25, 0.3) is 0 Å². The van der Waals surface area contributed by atoms with Crippen molar-refractivity contribution in [1.82, 2.24) is 3.53 Å². The molecule has 4 nitrogen and oxygen atoms in total. The Bertz CT molecular complexity index is 188. The van der Waals surface area contributed by atoms with E-state index in [0.29, 0.717) is 12.5 Å². The van der Waals surface area contributed by atoms with Crippen molar-refractivity contribution in [1.29, 1.82) is 0 Å². The summed E-state index contributed by atoms with van der Waals surface area (Å²) < 4.78 is 7.77. The molecule has 0 aliphatic heterocycles. The quantitative estimate of drug-likeness (QED) is 0.422. The lowest BCUT2D eigenvalue weighted by molar-refractivity contribution is -0.151. The Hall–Kier alpha value is 0.120. The summed E-state index contributed by atoms with van der Waals surface area (Å²) in [5.41, 5.74) is 0. The highest BCUT2D eigenvalue weighted by Crippen LogP contribution is 2.12. The summed E-state index contributed by atoms with van der Waals surface area (Å²) in [6.45, 7) is 6.48. The van der Waals surface area contributed by atoms with Crippen molar-refractivity contribution in [3.05, 3.63) is 0 Å². The number of halogens is 1. The lowest BCUT2D eigenvalue weighted by atomic mass is 9.99. The average molecular weight is 329 g/mol. The van der Waals surface area contributed by atoms with Gasteiger partial charge in [-0.2, -0.15) is 0 Å². The monoisotopic (exact) mass is 329 g/mol. The first kappa shape index (κ1) is 15.1. The number of ether oxygens (including phenoxy) is 1. The second-order valence-electron chi connectivity index (χ2n) is 4.15. The molecular formula is C10H20INO3. The van der Waals surface area contributed by atoms with Gasteiger partial charge in [0, 0.05) is 29.4 Å². The van der Waals surface area contributed by atoms with Gasteiger partial charge in [-0.05, 0) is 12.3 Å². The fraction of sp³-hybridized carbons (Fsp3) is 0.900. The van der Waals surface area contributed by atoms with Gasteiger partial charge < -0.3 is 9.84 Å². The SMILES string of the molecule is CC(C)CC(C)C(=O)OCC(O)CNI. The van der Waals surface area contributed by atoms with E-state index in [-0.39, 0.29) is 18.5 Å². The topological polar surface area (TPSA) is 58.6 Å². The molecule has 0 saturated carbocycles. The van der Waals surface area contributed by atoms with E-state index in [4.69, 9.17) is 4.74 Å². The molecule has 0 aromatic carbocycles. The number of carbonyl (C=O) groups is 1. The molecule has 90 valence electrons. The zero-order valence-corrected chi connectivity index (χ0v) is 11.7. The summed E-state index contributed by atoms with van der Waals surface area (Å²) in [5, 5.41) is 9.32. The maximum absolute atomic E-state index is 11.4. The Morgan fingerprint density at radius 1 is 1.47 bits per heavy atom. The Balaban J connectivity index is 3.72. The van der Waals surface area contributed by atoms with E-state index in [0.717, 1.165) is 6.42 Å². The number of aliphatic hydroxyl groups excluding tert-OH is 1. The highest BCUT2D eigenvalue weighted by Gasteiger charge is 2.17. The molecule has 0 aliphatic rings. The van der Waals surface area contributed by atoms with Gasteiger partial charge in [-0.1, -0.05) is 20.8 Å². The Kier molecular flexibility index (Phi) is 8.36. The van der Waals surface area contributed by atoms with Crippen molar-refractivity contribution >= 4 is 28.8 Å². The van der Waals surface area contributed by atoms with Gasteiger partial charge in [0.2, 0.25) is 0 Å². The number of nitrogens with one attached hydrogen (secondary N) is 1. The molecule has 0 spiro atoms. The third kappa shape index (κ3) is 7.98. The molecule has 0 fully saturated rings. The summed E-state index contributed by atoms with van der Waals surface area (Å²) >= 11 is 1.94. The number of hydrogen-bond acceptors (Lipinski definition) is 4. The first-order chi connectivity index (χ1) is 6.97. The van der Waals surface area contributed by atoms with E-state index in [1.165, 1.54) is 0 Å². The van der Waals surface area contributed by atoms with Crippen LogP contribution in [0.3, 0.4) is 0 Å². The summed E-state index contributed by atoms with van der Waals surface area (Å²) in [5.74, 6) is 0.162. The molecule has 15 heavy (non-hydrogen) atoms. The minimum Gasteiger partial charge on any atom is -0.463 e. The number of hydrogen-bond donors (Lipinski definition) is 2. The highest BCUT2D eigenvalue weighted by molar-refractivity contribution is 14.1. The van der Waals surface area contributed by atoms with Crippen LogP contribution in [-0.4, -0.2) is 30.3 Å². The van der Waals surface area contributed by atoms with Crippen LogP contribution in [0.5, 0.6) is 0 Å². The molecule has 0 aromatic heterocycles. The summed E-state index contributed by atoms with van der Waals surface area (Å²) in [6.07, 6.45) is 0.191. The van der Waals surface area contributed by atoms with Crippen molar-refractivity contribution in [2.75, 3.05) is 13.2 Å². The Labute approximate surface area is 105 Å². The molecule has 0 aromatic rings. The molecule has 0 amide bonds. The van der Waals surface area contributed by atoms with Crippen molar-refractivity contribution in [3.8, 4) is 0 Å². The van der Waals surface area contributed by atoms with Crippen LogP contribution < -0.4 is 3.53 Å². The molecule has 0 aliphatic carbocycles. The highest BCUT2D eigenvalue weighted by atomic mass is 127. The van der Waals surface area contributed by atoms with Crippen molar-refractivity contribution in [2.45, 2.75) is 33.3 Å². The number of carbonyl (C=O) groups excluding carboxylic acids is 1. The average Bonchev–Trinajstić information content (AvgIpc) is 2.13. The largest absolute Gasteiger partial charge is 0.463 e. The Morgan fingerprint density at radius 2 is 2.07 bits per heavy atom. The molecule has 2 N–H and O–H groups in total. The standard InChI is InChI=1S/C10H20INO3/c1-7(2)4-8(3)10(14)15-6-9(13)5-12-11/h7-9,12-13H,4-6H2,1-3H3. The minimum atomic E-state index is -0.628. The number of esters is 1. The molecule has 0 rings (SSSR count). The molecule has 0 heterocycles. The van der Waals surface area contributed by atoms with Gasteiger partial charge in [-0.15, -0.1) is 0 Å². The summed E-state index contributed by atoms with van der Waals surface area (Å²) in [4.78, 5) is 11.4. The van der Waals surface area contributed by atoms with Gasteiger partial charge in [0.25, 0.3) is 0 Å². The lowest BCUT2D eigenvalue weighted by Crippen LogP contribution is -2.28. The van der Waals surface area contributed by atoms with Crippen LogP contribution in [0.4, 0.5) is 0 Å². The molecular weight excluding hydrogens is 309 g/mol. The van der Waals surface area contributed by atoms with Gasteiger partial charge in [-0.25, -0.2) is 0 Å². The van der Waals surface area contributed by atoms with Gasteiger partial charge in [0.1, 0.15) is 12.7 Å². The molecule has 0 saturated heterocycles. The van der Waals surface area contributed by atoms with Crippen LogP contribution >= 0.6 is 22.9 Å². The van der Waals surface area contributed by atoms with E-state index in [2.05, 4.69) is 17.4 Å². The predicted octanol–water partition coefficient (Wildman–Crippen LogP) is 1.51. The zero-order valence-electron chi connectivity index (χ0n) is 9.50. The maximum atomic E-state index is 11.4. The van der Waals surface area contributed by atoms with Crippen molar-refractivity contribution < 1.29 is 14.6 Å². The van der Waals surface area contributed by atoms with Crippen LogP contribution in [0.2, 0.25) is 0 Å². The second-order valence-corrected chi connectivity index (χ2v) is 4.92. The van der Waals surface area contributed by atoms with E-state index in [1.54, 1.807) is 0 Å². The fourth-order valence-electron chi connectivity index (χ4n) is 1.27. The zero-order chi connectivity index (χ0) is 11.8. The third-order valence-corrected chi connectivity index (χ3v) is 2.40. The normalized spacial score (nSPS) is 15.1. The van der Waals surface area contributed by atoms with Crippen molar-refractivity contribution in [3.63, 3.8) is 0 Å². The molecule has 2 unspecified atom stereocenters. The van der Waals surface area contributed by atoms with E-state index in [9.17, 15) is 9.90 Å². The number of aliphatic hydroxyl groups is 1. The van der Waals surface area contributed by atoms with E-state index >= 15 is 0 Å². The van der Waals surface area contributed by atoms with Crippen LogP contribution in [0.15, 0.2) is 0 Å². The first-order valence-corrected chi connectivity index (χ1v) is 6.23. The first-order valence-electron chi connectivity index (χ1n) is 5.15. The predicted molar refractivity (Wildman–Crippen MR) is 67.6 cm³/mol.